The molecule has 0 saturated carbocycles. The Bertz CT molecular complexity index is 812. The van der Waals surface area contributed by atoms with Crippen LogP contribution in [0.4, 0.5) is 13.2 Å². The molecule has 1 aliphatic rings. The van der Waals surface area contributed by atoms with Gasteiger partial charge >= 0.3 is 6.18 Å². The summed E-state index contributed by atoms with van der Waals surface area (Å²) in [6.45, 7) is 0.398. The molecule has 1 aromatic carbocycles. The molecular weight excluding hydrogens is 361 g/mol. The lowest BCUT2D eigenvalue weighted by Gasteiger charge is -2.16. The smallest absolute Gasteiger partial charge is 0.380 e. The molecule has 1 aliphatic carbocycles. The number of benzene rings is 1. The first-order valence-electron chi connectivity index (χ1n) is 8.47. The minimum absolute atomic E-state index is 0.398. The van der Waals surface area contributed by atoms with E-state index in [-0.39, 0.29) is 0 Å². The Kier molecular flexibility index (Phi) is 5.77. The third kappa shape index (κ3) is 3.99. The van der Waals surface area contributed by atoms with E-state index < -0.39 is 11.9 Å². The predicted octanol–water partition coefficient (Wildman–Crippen LogP) is 5.72. The maximum atomic E-state index is 13.3. The van der Waals surface area contributed by atoms with E-state index in [1.165, 1.54) is 4.68 Å². The Morgan fingerprint density at radius 1 is 1.23 bits per heavy atom. The van der Waals surface area contributed by atoms with Crippen LogP contribution in [0.1, 0.15) is 42.6 Å². The fourth-order valence-corrected chi connectivity index (χ4v) is 3.77. The number of thioether (sulfide) groups is 1. The molecule has 2 aromatic rings. The molecule has 1 aromatic heterocycles. The molecule has 0 saturated heterocycles. The quantitative estimate of drug-likeness (QED) is 0.619. The van der Waals surface area contributed by atoms with E-state index in [0.29, 0.717) is 18.0 Å². The number of alkyl halides is 3. The van der Waals surface area contributed by atoms with Crippen molar-refractivity contribution in [3.8, 4) is 5.69 Å². The van der Waals surface area contributed by atoms with Gasteiger partial charge in [0.1, 0.15) is 0 Å². The Balaban J connectivity index is 2.12. The molecule has 0 fully saturated rings. The summed E-state index contributed by atoms with van der Waals surface area (Å²) in [7, 11) is 1.60. The standard InChI is InChI=1S/C19H21F3N2OS/c1-25-12-14-10-15(8-9-17(14)26-2)24-16(13-6-4-3-5-7-13)11-18(23-24)19(20,21)22/h6,8-11H,3-5,7,12H2,1-2H3. The molecule has 0 aliphatic heterocycles. The topological polar surface area (TPSA) is 27.1 Å². The first-order chi connectivity index (χ1) is 12.4. The van der Waals surface area contributed by atoms with Gasteiger partial charge in [0.05, 0.1) is 18.0 Å². The highest BCUT2D eigenvalue weighted by Crippen LogP contribution is 2.35. The van der Waals surface area contributed by atoms with E-state index in [0.717, 1.165) is 47.8 Å². The SMILES string of the molecule is COCc1cc(-n2nc(C(F)(F)F)cc2C2=CCCCC2)ccc1SC. The number of allylic oxidation sites excluding steroid dienone is 2. The highest BCUT2D eigenvalue weighted by atomic mass is 32.2. The van der Waals surface area contributed by atoms with E-state index in [9.17, 15) is 13.2 Å². The number of halogens is 3. The largest absolute Gasteiger partial charge is 0.435 e. The Labute approximate surface area is 155 Å². The zero-order valence-electron chi connectivity index (χ0n) is 14.8. The first-order valence-corrected chi connectivity index (χ1v) is 9.69. The average Bonchev–Trinajstić information content (AvgIpc) is 3.08. The monoisotopic (exact) mass is 382 g/mol. The molecule has 3 nitrogen and oxygen atoms in total. The molecule has 0 N–H and O–H groups in total. The van der Waals surface area contributed by atoms with Crippen molar-refractivity contribution in [2.45, 2.75) is 43.4 Å². The molecule has 0 unspecified atom stereocenters. The molecule has 3 rings (SSSR count). The van der Waals surface area contributed by atoms with Gasteiger partial charge in [0.15, 0.2) is 5.69 Å². The van der Waals surface area contributed by atoms with Crippen LogP contribution < -0.4 is 0 Å². The normalized spacial score (nSPS) is 15.2. The van der Waals surface area contributed by atoms with Gasteiger partial charge in [0, 0.05) is 12.0 Å². The van der Waals surface area contributed by atoms with Gasteiger partial charge in [-0.15, -0.1) is 11.8 Å². The lowest BCUT2D eigenvalue weighted by atomic mass is 9.97. The Hall–Kier alpha value is -1.73. The van der Waals surface area contributed by atoms with Crippen molar-refractivity contribution in [2.24, 2.45) is 0 Å². The second kappa shape index (κ2) is 7.88. The van der Waals surface area contributed by atoms with E-state index in [4.69, 9.17) is 4.74 Å². The second-order valence-corrected chi connectivity index (χ2v) is 7.08. The summed E-state index contributed by atoms with van der Waals surface area (Å²) < 4.78 is 46.4. The van der Waals surface area contributed by atoms with Gasteiger partial charge in [-0.3, -0.25) is 0 Å². The molecule has 7 heteroatoms. The van der Waals surface area contributed by atoms with Gasteiger partial charge in [-0.05, 0) is 67.3 Å². The molecule has 0 bridgehead atoms. The summed E-state index contributed by atoms with van der Waals surface area (Å²) in [6, 6.07) is 6.73. The van der Waals surface area contributed by atoms with Gasteiger partial charge in [0.25, 0.3) is 0 Å². The van der Waals surface area contributed by atoms with Crippen LogP contribution in [0, 0.1) is 0 Å². The summed E-state index contributed by atoms with van der Waals surface area (Å²) in [6.07, 6.45) is 3.25. The number of hydrogen-bond acceptors (Lipinski definition) is 3. The summed E-state index contributed by atoms with van der Waals surface area (Å²) in [4.78, 5) is 1.04. The molecule has 1 heterocycles. The summed E-state index contributed by atoms with van der Waals surface area (Å²) in [5, 5.41) is 3.89. The van der Waals surface area contributed by atoms with Crippen molar-refractivity contribution >= 4 is 17.3 Å². The van der Waals surface area contributed by atoms with E-state index in [1.54, 1.807) is 18.9 Å². The fourth-order valence-electron chi connectivity index (χ4n) is 3.18. The number of nitrogens with zero attached hydrogens (tertiary/aromatic N) is 2. The first kappa shape index (κ1) is 19.0. The second-order valence-electron chi connectivity index (χ2n) is 6.23. The lowest BCUT2D eigenvalue weighted by molar-refractivity contribution is -0.141. The minimum atomic E-state index is -4.47. The highest BCUT2D eigenvalue weighted by Gasteiger charge is 2.35. The lowest BCUT2D eigenvalue weighted by Crippen LogP contribution is -2.08. The van der Waals surface area contributed by atoms with Crippen molar-refractivity contribution in [2.75, 3.05) is 13.4 Å². The summed E-state index contributed by atoms with van der Waals surface area (Å²) >= 11 is 1.58. The molecular formula is C19H21F3N2OS. The van der Waals surface area contributed by atoms with Crippen LogP contribution in [0.3, 0.4) is 0 Å². The third-order valence-electron chi connectivity index (χ3n) is 4.43. The van der Waals surface area contributed by atoms with Crippen molar-refractivity contribution in [1.29, 1.82) is 0 Å². The van der Waals surface area contributed by atoms with Crippen LogP contribution in [-0.4, -0.2) is 23.1 Å². The van der Waals surface area contributed by atoms with Gasteiger partial charge in [0.2, 0.25) is 0 Å². The number of rotatable bonds is 5. The molecule has 0 spiro atoms. The van der Waals surface area contributed by atoms with Crippen LogP contribution in [0.2, 0.25) is 0 Å². The minimum Gasteiger partial charge on any atom is -0.380 e. The van der Waals surface area contributed by atoms with Crippen molar-refractivity contribution in [3.05, 3.63) is 47.3 Å². The Morgan fingerprint density at radius 2 is 2.04 bits per heavy atom. The predicted molar refractivity (Wildman–Crippen MR) is 97.5 cm³/mol. The molecule has 140 valence electrons. The Morgan fingerprint density at radius 3 is 2.65 bits per heavy atom. The average molecular weight is 382 g/mol. The van der Waals surface area contributed by atoms with Gasteiger partial charge in [-0.1, -0.05) is 6.08 Å². The van der Waals surface area contributed by atoms with Gasteiger partial charge in [-0.25, -0.2) is 4.68 Å². The van der Waals surface area contributed by atoms with Crippen molar-refractivity contribution in [3.63, 3.8) is 0 Å². The van der Waals surface area contributed by atoms with Crippen LogP contribution in [0.5, 0.6) is 0 Å². The van der Waals surface area contributed by atoms with E-state index in [1.807, 2.05) is 30.5 Å². The third-order valence-corrected chi connectivity index (χ3v) is 5.27. The van der Waals surface area contributed by atoms with Crippen LogP contribution >= 0.6 is 11.8 Å². The maximum absolute atomic E-state index is 13.3. The zero-order valence-corrected chi connectivity index (χ0v) is 15.6. The van der Waals surface area contributed by atoms with Gasteiger partial charge in [-0.2, -0.15) is 18.3 Å². The fraction of sp³-hybridized carbons (Fsp3) is 0.421. The maximum Gasteiger partial charge on any atom is 0.435 e. The number of ether oxygens (including phenoxy) is 1. The molecule has 0 atom stereocenters. The zero-order chi connectivity index (χ0) is 18.7. The molecule has 0 radical (unpaired) electrons. The summed E-state index contributed by atoms with van der Waals surface area (Å²) in [5.41, 5.74) is 2.15. The molecule has 0 amide bonds. The number of aromatic nitrogens is 2. The van der Waals surface area contributed by atoms with Crippen molar-refractivity contribution < 1.29 is 17.9 Å². The summed E-state index contributed by atoms with van der Waals surface area (Å²) in [5.74, 6) is 0. The number of methoxy groups -OCH3 is 1. The van der Waals surface area contributed by atoms with E-state index in [2.05, 4.69) is 5.10 Å². The van der Waals surface area contributed by atoms with Crippen LogP contribution in [-0.2, 0) is 17.5 Å². The highest BCUT2D eigenvalue weighted by molar-refractivity contribution is 7.98. The van der Waals surface area contributed by atoms with E-state index >= 15 is 0 Å². The van der Waals surface area contributed by atoms with Crippen molar-refractivity contribution in [1.82, 2.24) is 9.78 Å². The molecule has 26 heavy (non-hydrogen) atoms. The van der Waals surface area contributed by atoms with Crippen LogP contribution in [0.25, 0.3) is 11.3 Å². The van der Waals surface area contributed by atoms with Gasteiger partial charge < -0.3 is 4.74 Å². The van der Waals surface area contributed by atoms with Crippen LogP contribution in [0.15, 0.2) is 35.2 Å². The number of hydrogen-bond donors (Lipinski definition) is 0.